The van der Waals surface area contributed by atoms with Gasteiger partial charge in [-0.3, -0.25) is 4.99 Å². The van der Waals surface area contributed by atoms with Crippen LogP contribution in [0.15, 0.2) is 29.3 Å². The van der Waals surface area contributed by atoms with Crippen molar-refractivity contribution in [3.63, 3.8) is 0 Å². The second-order valence-electron chi connectivity index (χ2n) is 5.50. The highest BCUT2D eigenvalue weighted by atomic mass is 16.5. The Hall–Kier alpha value is -1.71. The van der Waals surface area contributed by atoms with E-state index in [-0.39, 0.29) is 0 Å². The SMILES string of the molecule is COc1ccccc1CCN=C(N)N1CCCC(C)C1. The van der Waals surface area contributed by atoms with Crippen molar-refractivity contribution in [3.05, 3.63) is 29.8 Å². The summed E-state index contributed by atoms with van der Waals surface area (Å²) in [6.07, 6.45) is 3.36. The van der Waals surface area contributed by atoms with Gasteiger partial charge in [-0.15, -0.1) is 0 Å². The lowest BCUT2D eigenvalue weighted by Crippen LogP contribution is -2.43. The number of likely N-dealkylation sites (tertiary alicyclic amines) is 1. The zero-order valence-electron chi connectivity index (χ0n) is 12.5. The van der Waals surface area contributed by atoms with Crippen LogP contribution in [-0.2, 0) is 6.42 Å². The standard InChI is InChI=1S/C16H25N3O/c1-13-6-5-11-19(12-13)16(17)18-10-9-14-7-3-4-8-15(14)20-2/h3-4,7-8,13H,5-6,9-12H2,1-2H3,(H2,17,18). The predicted octanol–water partition coefficient (Wildman–Crippen LogP) is 2.28. The van der Waals surface area contributed by atoms with Gasteiger partial charge in [-0.25, -0.2) is 0 Å². The second kappa shape index (κ2) is 7.17. The van der Waals surface area contributed by atoms with E-state index < -0.39 is 0 Å². The zero-order chi connectivity index (χ0) is 14.4. The Morgan fingerprint density at radius 1 is 1.45 bits per heavy atom. The number of rotatable bonds is 4. The van der Waals surface area contributed by atoms with E-state index in [9.17, 15) is 0 Å². The number of ether oxygens (including phenoxy) is 1. The Balaban J connectivity index is 1.89. The fourth-order valence-electron chi connectivity index (χ4n) is 2.70. The number of para-hydroxylation sites is 1. The first kappa shape index (κ1) is 14.7. The number of nitrogens with zero attached hydrogens (tertiary/aromatic N) is 2. The van der Waals surface area contributed by atoms with Crippen molar-refractivity contribution in [3.8, 4) is 5.75 Å². The molecule has 2 rings (SSSR count). The molecule has 2 N–H and O–H groups in total. The molecule has 1 saturated heterocycles. The fraction of sp³-hybridized carbons (Fsp3) is 0.562. The molecule has 110 valence electrons. The first-order chi connectivity index (χ1) is 9.70. The minimum atomic E-state index is 0.687. The molecule has 0 bridgehead atoms. The van der Waals surface area contributed by atoms with Gasteiger partial charge in [0.15, 0.2) is 5.96 Å². The molecule has 1 fully saturated rings. The third kappa shape index (κ3) is 3.89. The van der Waals surface area contributed by atoms with E-state index >= 15 is 0 Å². The lowest BCUT2D eigenvalue weighted by molar-refractivity contribution is 0.270. The monoisotopic (exact) mass is 275 g/mol. The van der Waals surface area contributed by atoms with Crippen molar-refractivity contribution >= 4 is 5.96 Å². The number of guanidine groups is 1. The smallest absolute Gasteiger partial charge is 0.191 e. The molecule has 1 aliphatic heterocycles. The summed E-state index contributed by atoms with van der Waals surface area (Å²) in [7, 11) is 1.70. The molecule has 1 atom stereocenters. The van der Waals surface area contributed by atoms with E-state index in [1.54, 1.807) is 7.11 Å². The number of benzene rings is 1. The quantitative estimate of drug-likeness (QED) is 0.677. The number of hydrogen-bond acceptors (Lipinski definition) is 2. The number of piperidine rings is 1. The van der Waals surface area contributed by atoms with Crippen molar-refractivity contribution < 1.29 is 4.74 Å². The highest BCUT2D eigenvalue weighted by molar-refractivity contribution is 5.78. The molecular weight excluding hydrogens is 250 g/mol. The summed E-state index contributed by atoms with van der Waals surface area (Å²) in [4.78, 5) is 6.72. The van der Waals surface area contributed by atoms with E-state index in [0.717, 1.165) is 25.3 Å². The molecule has 0 saturated carbocycles. The van der Waals surface area contributed by atoms with Gasteiger partial charge in [0.1, 0.15) is 5.75 Å². The molecule has 0 aromatic heterocycles. The van der Waals surface area contributed by atoms with E-state index in [1.807, 2.05) is 18.2 Å². The molecule has 4 heteroatoms. The normalized spacial score (nSPS) is 20.0. The van der Waals surface area contributed by atoms with E-state index in [1.165, 1.54) is 18.4 Å². The molecule has 1 aliphatic rings. The Bertz CT molecular complexity index is 459. The van der Waals surface area contributed by atoms with Gasteiger partial charge in [0.2, 0.25) is 0 Å². The highest BCUT2D eigenvalue weighted by Gasteiger charge is 2.17. The van der Waals surface area contributed by atoms with Gasteiger partial charge in [-0.2, -0.15) is 0 Å². The van der Waals surface area contributed by atoms with Crippen molar-refractivity contribution in [1.29, 1.82) is 0 Å². The highest BCUT2D eigenvalue weighted by Crippen LogP contribution is 2.18. The summed E-state index contributed by atoms with van der Waals surface area (Å²) in [5.41, 5.74) is 7.27. The van der Waals surface area contributed by atoms with Crippen molar-refractivity contribution in [2.75, 3.05) is 26.7 Å². The molecule has 1 heterocycles. The molecule has 0 aliphatic carbocycles. The van der Waals surface area contributed by atoms with Crippen LogP contribution >= 0.6 is 0 Å². The van der Waals surface area contributed by atoms with Crippen LogP contribution in [0.1, 0.15) is 25.3 Å². The maximum atomic E-state index is 6.09. The number of methoxy groups -OCH3 is 1. The van der Waals surface area contributed by atoms with Gasteiger partial charge in [0, 0.05) is 19.6 Å². The first-order valence-corrected chi connectivity index (χ1v) is 7.37. The van der Waals surface area contributed by atoms with Crippen LogP contribution in [0.3, 0.4) is 0 Å². The first-order valence-electron chi connectivity index (χ1n) is 7.37. The van der Waals surface area contributed by atoms with Crippen LogP contribution < -0.4 is 10.5 Å². The summed E-state index contributed by atoms with van der Waals surface area (Å²) < 4.78 is 5.34. The Kier molecular flexibility index (Phi) is 5.27. The minimum Gasteiger partial charge on any atom is -0.496 e. The van der Waals surface area contributed by atoms with Gasteiger partial charge in [0.05, 0.1) is 7.11 Å². The minimum absolute atomic E-state index is 0.687. The largest absolute Gasteiger partial charge is 0.496 e. The predicted molar refractivity (Wildman–Crippen MR) is 83.2 cm³/mol. The van der Waals surface area contributed by atoms with Gasteiger partial charge in [0.25, 0.3) is 0 Å². The Labute approximate surface area is 121 Å². The van der Waals surface area contributed by atoms with Gasteiger partial charge in [-0.05, 0) is 36.8 Å². The van der Waals surface area contributed by atoms with Crippen LogP contribution in [0, 0.1) is 5.92 Å². The molecule has 1 aromatic rings. The molecule has 4 nitrogen and oxygen atoms in total. The molecule has 0 radical (unpaired) electrons. The topological polar surface area (TPSA) is 50.9 Å². The van der Waals surface area contributed by atoms with Crippen molar-refractivity contribution in [1.82, 2.24) is 4.90 Å². The fourth-order valence-corrected chi connectivity index (χ4v) is 2.70. The van der Waals surface area contributed by atoms with Crippen molar-refractivity contribution in [2.24, 2.45) is 16.6 Å². The summed E-state index contributed by atoms with van der Waals surface area (Å²) in [5, 5.41) is 0. The molecule has 1 aromatic carbocycles. The molecule has 1 unspecified atom stereocenters. The third-order valence-electron chi connectivity index (χ3n) is 3.83. The summed E-state index contributed by atoms with van der Waals surface area (Å²) in [6.45, 7) is 5.05. The van der Waals surface area contributed by atoms with Crippen LogP contribution in [0.5, 0.6) is 5.75 Å². The van der Waals surface area contributed by atoms with E-state index in [4.69, 9.17) is 10.5 Å². The molecule has 0 spiro atoms. The molecule has 20 heavy (non-hydrogen) atoms. The van der Waals surface area contributed by atoms with Gasteiger partial charge >= 0.3 is 0 Å². The average Bonchev–Trinajstić information content (AvgIpc) is 2.47. The van der Waals surface area contributed by atoms with Crippen molar-refractivity contribution in [2.45, 2.75) is 26.2 Å². The summed E-state index contributed by atoms with van der Waals surface area (Å²) in [6, 6.07) is 8.06. The molecular formula is C16H25N3O. The number of hydrogen-bond donors (Lipinski definition) is 1. The maximum Gasteiger partial charge on any atom is 0.191 e. The van der Waals surface area contributed by atoms with Crippen LogP contribution in [0.2, 0.25) is 0 Å². The summed E-state index contributed by atoms with van der Waals surface area (Å²) >= 11 is 0. The summed E-state index contributed by atoms with van der Waals surface area (Å²) in [5.74, 6) is 2.33. The van der Waals surface area contributed by atoms with Gasteiger partial charge in [-0.1, -0.05) is 25.1 Å². The lowest BCUT2D eigenvalue weighted by Gasteiger charge is -2.31. The number of nitrogens with two attached hydrogens (primary N) is 1. The van der Waals surface area contributed by atoms with Crippen LogP contribution in [0.4, 0.5) is 0 Å². The third-order valence-corrected chi connectivity index (χ3v) is 3.83. The average molecular weight is 275 g/mol. The lowest BCUT2D eigenvalue weighted by atomic mass is 10.0. The molecule has 0 amide bonds. The van der Waals surface area contributed by atoms with E-state index in [2.05, 4.69) is 22.9 Å². The number of aliphatic imine (C=N–C) groups is 1. The Morgan fingerprint density at radius 2 is 2.25 bits per heavy atom. The van der Waals surface area contributed by atoms with Crippen LogP contribution in [-0.4, -0.2) is 37.6 Å². The van der Waals surface area contributed by atoms with E-state index in [0.29, 0.717) is 18.4 Å². The maximum absolute atomic E-state index is 6.09. The second-order valence-corrected chi connectivity index (χ2v) is 5.50. The van der Waals surface area contributed by atoms with Crippen LogP contribution in [0.25, 0.3) is 0 Å². The zero-order valence-corrected chi connectivity index (χ0v) is 12.5. The Morgan fingerprint density at radius 3 is 3.00 bits per heavy atom. The van der Waals surface area contributed by atoms with Gasteiger partial charge < -0.3 is 15.4 Å².